The van der Waals surface area contributed by atoms with Gasteiger partial charge in [-0.05, 0) is 6.07 Å². The summed E-state index contributed by atoms with van der Waals surface area (Å²) in [4.78, 5) is 16.1. The number of amides is 1. The molecule has 2 N–H and O–H groups in total. The monoisotopic (exact) mass is 340 g/mol. The van der Waals surface area contributed by atoms with Gasteiger partial charge in [-0.3, -0.25) is 9.48 Å². The lowest BCUT2D eigenvalue weighted by atomic mass is 10.3. The second-order valence-corrected chi connectivity index (χ2v) is 4.94. The highest BCUT2D eigenvalue weighted by Gasteiger charge is 2.38. The number of anilines is 1. The number of carbonyl (C=O) groups excluding carboxylic acids is 1. The maximum Gasteiger partial charge on any atom is 0.416 e. The number of imidazole rings is 1. The predicted molar refractivity (Wildman–Crippen MR) is 75.2 cm³/mol. The van der Waals surface area contributed by atoms with E-state index >= 15 is 0 Å². The number of rotatable bonds is 4. The first-order valence-electron chi connectivity index (χ1n) is 6.71. The minimum Gasteiger partial charge on any atom is -0.382 e. The largest absolute Gasteiger partial charge is 0.416 e. The summed E-state index contributed by atoms with van der Waals surface area (Å²) in [6.07, 6.45) is -0.417. The smallest absolute Gasteiger partial charge is 0.382 e. The second kappa shape index (κ2) is 5.92. The molecule has 0 saturated heterocycles. The Labute approximate surface area is 132 Å². The molecule has 3 heterocycles. The van der Waals surface area contributed by atoms with Crippen molar-refractivity contribution in [2.45, 2.75) is 18.8 Å². The first kappa shape index (κ1) is 15.9. The van der Waals surface area contributed by atoms with E-state index in [1.54, 1.807) is 6.20 Å². The van der Waals surface area contributed by atoms with Crippen molar-refractivity contribution in [3.05, 3.63) is 42.6 Å². The Morgan fingerprint density at radius 2 is 2.12 bits per heavy atom. The molecule has 0 aromatic carbocycles. The van der Waals surface area contributed by atoms with Gasteiger partial charge in [0, 0.05) is 18.6 Å². The van der Waals surface area contributed by atoms with Crippen LogP contribution in [0.5, 0.6) is 0 Å². The van der Waals surface area contributed by atoms with E-state index in [2.05, 4.69) is 20.5 Å². The molecule has 0 radical (unpaired) electrons. The van der Waals surface area contributed by atoms with Gasteiger partial charge in [0.05, 0.1) is 30.2 Å². The molecule has 3 aromatic heterocycles. The molecule has 3 rings (SSSR count). The molecule has 1 atom stereocenters. The van der Waals surface area contributed by atoms with E-state index in [9.17, 15) is 18.0 Å². The third-order valence-corrected chi connectivity index (χ3v) is 3.15. The maximum absolute atomic E-state index is 12.3. The Morgan fingerprint density at radius 3 is 2.88 bits per heavy atom. The van der Waals surface area contributed by atoms with Crippen molar-refractivity contribution in [2.75, 3.05) is 5.32 Å². The Bertz CT molecular complexity index is 872. The SMILES string of the molecule is O=C(Nc1cnn(C[C@H](O)C(F)(F)F)c1)c1cnn2ccnc2c1. The van der Waals surface area contributed by atoms with Gasteiger partial charge in [0.25, 0.3) is 5.91 Å². The topological polar surface area (TPSA) is 97.3 Å². The van der Waals surface area contributed by atoms with Crippen LogP contribution in [0.1, 0.15) is 10.4 Å². The molecule has 0 aliphatic heterocycles. The standard InChI is InChI=1S/C13H11F3N6O2/c14-13(15,16)10(23)7-21-6-9(5-18-21)20-12(24)8-3-11-17-1-2-22(11)19-4-8/h1-6,10,23H,7H2,(H,20,24)/t10-/m0/s1. The Balaban J connectivity index is 1.68. The number of nitrogens with one attached hydrogen (secondary N) is 1. The minimum absolute atomic E-state index is 0.192. The molecular formula is C13H11F3N6O2. The fourth-order valence-electron chi connectivity index (χ4n) is 1.95. The lowest BCUT2D eigenvalue weighted by molar-refractivity contribution is -0.208. The molecule has 0 fully saturated rings. The van der Waals surface area contributed by atoms with Crippen LogP contribution in [-0.4, -0.2) is 47.7 Å². The highest BCUT2D eigenvalue weighted by Crippen LogP contribution is 2.21. The molecule has 11 heteroatoms. The highest BCUT2D eigenvalue weighted by atomic mass is 19.4. The molecular weight excluding hydrogens is 329 g/mol. The third-order valence-electron chi connectivity index (χ3n) is 3.15. The first-order chi connectivity index (χ1) is 11.3. The van der Waals surface area contributed by atoms with Crippen molar-refractivity contribution in [3.63, 3.8) is 0 Å². The van der Waals surface area contributed by atoms with Crippen LogP contribution in [0.2, 0.25) is 0 Å². The van der Waals surface area contributed by atoms with Gasteiger partial charge >= 0.3 is 6.18 Å². The quantitative estimate of drug-likeness (QED) is 0.741. The molecule has 3 aromatic rings. The van der Waals surface area contributed by atoms with Gasteiger partial charge in [-0.2, -0.15) is 23.4 Å². The summed E-state index contributed by atoms with van der Waals surface area (Å²) in [5, 5.41) is 19.1. The van der Waals surface area contributed by atoms with E-state index in [0.29, 0.717) is 5.65 Å². The first-order valence-corrected chi connectivity index (χ1v) is 6.71. The van der Waals surface area contributed by atoms with Gasteiger partial charge < -0.3 is 10.4 Å². The summed E-state index contributed by atoms with van der Waals surface area (Å²) in [6, 6.07) is 1.51. The van der Waals surface area contributed by atoms with Gasteiger partial charge in [0.15, 0.2) is 11.8 Å². The Hall–Kier alpha value is -2.95. The lowest BCUT2D eigenvalue weighted by Crippen LogP contribution is -2.32. The molecule has 24 heavy (non-hydrogen) atoms. The van der Waals surface area contributed by atoms with E-state index < -0.39 is 24.7 Å². The molecule has 0 unspecified atom stereocenters. The number of carbonyl (C=O) groups is 1. The normalized spacial score (nSPS) is 13.2. The van der Waals surface area contributed by atoms with Gasteiger partial charge in [0.2, 0.25) is 0 Å². The molecule has 8 nitrogen and oxygen atoms in total. The number of alkyl halides is 3. The summed E-state index contributed by atoms with van der Waals surface area (Å²) in [7, 11) is 0. The number of aromatic nitrogens is 5. The zero-order valence-corrected chi connectivity index (χ0v) is 12.0. The van der Waals surface area contributed by atoms with Crippen LogP contribution in [0.25, 0.3) is 5.65 Å². The average molecular weight is 340 g/mol. The summed E-state index contributed by atoms with van der Waals surface area (Å²) in [5.41, 5.74) is 0.904. The molecule has 0 aliphatic rings. The molecule has 0 saturated carbocycles. The van der Waals surface area contributed by atoms with Crippen molar-refractivity contribution < 1.29 is 23.1 Å². The Kier molecular flexibility index (Phi) is 3.93. The van der Waals surface area contributed by atoms with Crippen LogP contribution in [0.4, 0.5) is 18.9 Å². The van der Waals surface area contributed by atoms with E-state index in [1.165, 1.54) is 35.4 Å². The number of nitrogens with zero attached hydrogens (tertiary/aromatic N) is 5. The summed E-state index contributed by atoms with van der Waals surface area (Å²) in [6.45, 7) is -0.763. The number of hydrogen-bond acceptors (Lipinski definition) is 5. The van der Waals surface area contributed by atoms with Crippen molar-refractivity contribution in [1.82, 2.24) is 24.4 Å². The molecule has 0 aliphatic carbocycles. The maximum atomic E-state index is 12.3. The summed E-state index contributed by atoms with van der Waals surface area (Å²) in [5.74, 6) is -0.510. The van der Waals surface area contributed by atoms with Gasteiger partial charge in [0.1, 0.15) is 0 Å². The predicted octanol–water partition coefficient (Wildman–Crippen LogP) is 1.10. The fourth-order valence-corrected chi connectivity index (χ4v) is 1.95. The Morgan fingerprint density at radius 1 is 1.33 bits per heavy atom. The third kappa shape index (κ3) is 3.35. The van der Waals surface area contributed by atoms with E-state index in [0.717, 1.165) is 4.68 Å². The zero-order valence-electron chi connectivity index (χ0n) is 12.0. The van der Waals surface area contributed by atoms with Gasteiger partial charge in [-0.15, -0.1) is 0 Å². The second-order valence-electron chi connectivity index (χ2n) is 4.94. The number of aliphatic hydroxyl groups is 1. The van der Waals surface area contributed by atoms with Crippen LogP contribution < -0.4 is 5.32 Å². The van der Waals surface area contributed by atoms with Crippen molar-refractivity contribution in [2.24, 2.45) is 0 Å². The van der Waals surface area contributed by atoms with Crippen LogP contribution in [-0.2, 0) is 6.54 Å². The van der Waals surface area contributed by atoms with Gasteiger partial charge in [-0.25, -0.2) is 9.50 Å². The van der Waals surface area contributed by atoms with Crippen LogP contribution >= 0.6 is 0 Å². The molecule has 1 amide bonds. The summed E-state index contributed by atoms with van der Waals surface area (Å²) >= 11 is 0. The van der Waals surface area contributed by atoms with Gasteiger partial charge in [-0.1, -0.05) is 0 Å². The van der Waals surface area contributed by atoms with Crippen molar-refractivity contribution >= 4 is 17.2 Å². The van der Waals surface area contributed by atoms with E-state index in [-0.39, 0.29) is 11.3 Å². The van der Waals surface area contributed by atoms with Crippen molar-refractivity contribution in [3.8, 4) is 0 Å². The highest BCUT2D eigenvalue weighted by molar-refractivity contribution is 6.04. The van der Waals surface area contributed by atoms with Crippen LogP contribution in [0.3, 0.4) is 0 Å². The minimum atomic E-state index is -4.74. The van der Waals surface area contributed by atoms with E-state index in [4.69, 9.17) is 5.11 Å². The van der Waals surface area contributed by atoms with Crippen molar-refractivity contribution in [1.29, 1.82) is 0 Å². The molecule has 0 spiro atoms. The number of aliphatic hydroxyl groups excluding tert-OH is 1. The molecule has 126 valence electrons. The van der Waals surface area contributed by atoms with Crippen LogP contribution in [0, 0.1) is 0 Å². The number of hydrogen-bond donors (Lipinski definition) is 2. The summed E-state index contributed by atoms with van der Waals surface area (Å²) < 4.78 is 39.3. The fraction of sp³-hybridized carbons (Fsp3) is 0.231. The van der Waals surface area contributed by atoms with Crippen LogP contribution in [0.15, 0.2) is 37.1 Å². The lowest BCUT2D eigenvalue weighted by Gasteiger charge is -2.13. The number of fused-ring (bicyclic) bond motifs is 1. The average Bonchev–Trinajstić information content (AvgIpc) is 3.14. The zero-order chi connectivity index (χ0) is 17.3. The number of halogens is 3. The van der Waals surface area contributed by atoms with E-state index in [1.807, 2.05) is 0 Å². The molecule has 0 bridgehead atoms.